The fraction of sp³-hybridized carbons (Fsp3) is 0.824. The molecule has 0 amide bonds. The van der Waals surface area contributed by atoms with E-state index in [2.05, 4.69) is 26.0 Å². The second-order valence-electron chi connectivity index (χ2n) is 6.66. The highest BCUT2D eigenvalue weighted by molar-refractivity contribution is 5.17. The maximum absolute atomic E-state index is 9.16. The van der Waals surface area contributed by atoms with Crippen LogP contribution in [0.4, 0.5) is 0 Å². The minimum absolute atomic E-state index is 0.0804. The van der Waals surface area contributed by atoms with Crippen LogP contribution in [0.25, 0.3) is 0 Å². The van der Waals surface area contributed by atoms with Crippen LogP contribution in [-0.4, -0.2) is 0 Å². The number of nitriles is 1. The summed E-state index contributed by atoms with van der Waals surface area (Å²) in [6.45, 7) is 4.41. The van der Waals surface area contributed by atoms with Crippen molar-refractivity contribution < 1.29 is 0 Å². The Morgan fingerprint density at radius 1 is 1.33 bits per heavy atom. The normalized spacial score (nSPS) is 36.8. The third kappa shape index (κ3) is 3.16. The number of nitrogens with zero attached hydrogens (tertiary/aromatic N) is 1. The Hall–Kier alpha value is -0.770. The molecule has 18 heavy (non-hydrogen) atoms. The average Bonchev–Trinajstić information content (AvgIpc) is 2.41. The Bertz CT molecular complexity index is 341. The van der Waals surface area contributed by atoms with Crippen LogP contribution in [0.3, 0.4) is 0 Å². The molecule has 1 saturated carbocycles. The summed E-state index contributed by atoms with van der Waals surface area (Å²) in [6.07, 6.45) is 14.1. The summed E-state index contributed by atoms with van der Waals surface area (Å²) >= 11 is 0. The lowest BCUT2D eigenvalue weighted by molar-refractivity contribution is 0.272. The summed E-state index contributed by atoms with van der Waals surface area (Å²) in [5.74, 6) is 1.85. The molecule has 0 saturated heterocycles. The number of hydrogen-bond donors (Lipinski definition) is 0. The van der Waals surface area contributed by atoms with E-state index in [1.165, 1.54) is 44.9 Å². The average molecular weight is 245 g/mol. The smallest absolute Gasteiger partial charge is 0.0690 e. The first-order valence-corrected chi connectivity index (χ1v) is 7.77. The largest absolute Gasteiger partial charge is 0.198 e. The van der Waals surface area contributed by atoms with Gasteiger partial charge in [0, 0.05) is 0 Å². The van der Waals surface area contributed by atoms with Crippen LogP contribution in [0.1, 0.15) is 71.6 Å². The fourth-order valence-corrected chi connectivity index (χ4v) is 3.68. The molecule has 0 heterocycles. The van der Waals surface area contributed by atoms with Crippen molar-refractivity contribution in [3.8, 4) is 6.07 Å². The van der Waals surface area contributed by atoms with Gasteiger partial charge in [0.1, 0.15) is 0 Å². The molecule has 0 aromatic carbocycles. The molecule has 2 aliphatic carbocycles. The molecule has 0 spiro atoms. The van der Waals surface area contributed by atoms with Crippen LogP contribution in [-0.2, 0) is 0 Å². The van der Waals surface area contributed by atoms with Gasteiger partial charge < -0.3 is 0 Å². The first-order valence-electron chi connectivity index (χ1n) is 7.77. The zero-order valence-corrected chi connectivity index (χ0v) is 12.0. The minimum Gasteiger partial charge on any atom is -0.198 e. The molecule has 1 atom stereocenters. The molecule has 1 fully saturated rings. The van der Waals surface area contributed by atoms with E-state index in [0.29, 0.717) is 0 Å². The van der Waals surface area contributed by atoms with E-state index in [1.54, 1.807) is 5.57 Å². The van der Waals surface area contributed by atoms with Gasteiger partial charge in [-0.3, -0.25) is 0 Å². The molecule has 2 aliphatic rings. The van der Waals surface area contributed by atoms with Gasteiger partial charge in [0.2, 0.25) is 0 Å². The van der Waals surface area contributed by atoms with Gasteiger partial charge in [-0.1, -0.05) is 31.4 Å². The zero-order chi connectivity index (χ0) is 13.0. The lowest BCUT2D eigenvalue weighted by Gasteiger charge is -2.34. The molecule has 0 bridgehead atoms. The highest BCUT2D eigenvalue weighted by Crippen LogP contribution is 2.42. The third-order valence-corrected chi connectivity index (χ3v) is 5.12. The van der Waals surface area contributed by atoms with E-state index in [1.807, 2.05) is 0 Å². The molecule has 1 unspecified atom stereocenters. The predicted octanol–water partition coefficient (Wildman–Crippen LogP) is 5.23. The second-order valence-corrected chi connectivity index (χ2v) is 6.66. The zero-order valence-electron chi connectivity index (χ0n) is 12.0. The Balaban J connectivity index is 1.86. The van der Waals surface area contributed by atoms with E-state index >= 15 is 0 Å². The van der Waals surface area contributed by atoms with E-state index in [9.17, 15) is 0 Å². The van der Waals surface area contributed by atoms with Gasteiger partial charge in [-0.05, 0) is 63.7 Å². The van der Waals surface area contributed by atoms with Crippen molar-refractivity contribution in [2.75, 3.05) is 0 Å². The Morgan fingerprint density at radius 2 is 2.06 bits per heavy atom. The van der Waals surface area contributed by atoms with Crippen LogP contribution in [0.15, 0.2) is 11.6 Å². The number of allylic oxidation sites excluding steroid dienone is 2. The highest BCUT2D eigenvalue weighted by atomic mass is 14.4. The van der Waals surface area contributed by atoms with Crippen LogP contribution in [0.2, 0.25) is 0 Å². The van der Waals surface area contributed by atoms with Crippen LogP contribution >= 0.6 is 0 Å². The summed E-state index contributed by atoms with van der Waals surface area (Å²) < 4.78 is 0. The summed E-state index contributed by atoms with van der Waals surface area (Å²) in [6, 6.07) is 2.48. The summed E-state index contributed by atoms with van der Waals surface area (Å²) in [7, 11) is 0. The van der Waals surface area contributed by atoms with Gasteiger partial charge in [-0.15, -0.1) is 0 Å². The number of hydrogen-bond acceptors (Lipinski definition) is 1. The van der Waals surface area contributed by atoms with Gasteiger partial charge in [-0.2, -0.15) is 5.26 Å². The molecular weight excluding hydrogens is 218 g/mol. The molecule has 0 radical (unpaired) electrons. The Morgan fingerprint density at radius 3 is 2.56 bits per heavy atom. The Kier molecular flexibility index (Phi) is 4.49. The second kappa shape index (κ2) is 5.91. The molecule has 1 heteroatoms. The van der Waals surface area contributed by atoms with Crippen LogP contribution in [0, 0.1) is 28.6 Å². The monoisotopic (exact) mass is 245 g/mol. The van der Waals surface area contributed by atoms with Crippen LogP contribution in [0.5, 0.6) is 0 Å². The van der Waals surface area contributed by atoms with Crippen molar-refractivity contribution in [2.24, 2.45) is 17.3 Å². The van der Waals surface area contributed by atoms with Crippen molar-refractivity contribution >= 4 is 0 Å². The lowest BCUT2D eigenvalue weighted by atomic mass is 9.70. The lowest BCUT2D eigenvalue weighted by Crippen LogP contribution is -2.22. The highest BCUT2D eigenvalue weighted by Gasteiger charge is 2.30. The van der Waals surface area contributed by atoms with Crippen molar-refractivity contribution in [3.05, 3.63) is 11.6 Å². The van der Waals surface area contributed by atoms with E-state index in [4.69, 9.17) is 5.26 Å². The molecule has 1 nitrogen and oxygen atoms in total. The molecule has 0 aromatic heterocycles. The quantitative estimate of drug-likeness (QED) is 0.624. The number of rotatable bonds is 3. The maximum atomic E-state index is 9.16. The van der Waals surface area contributed by atoms with Gasteiger partial charge in [0.05, 0.1) is 11.5 Å². The van der Waals surface area contributed by atoms with E-state index in [0.717, 1.165) is 24.7 Å². The molecule has 0 aromatic rings. The van der Waals surface area contributed by atoms with Crippen molar-refractivity contribution in [3.63, 3.8) is 0 Å². The molecular formula is C17H27N. The maximum Gasteiger partial charge on any atom is 0.0690 e. The van der Waals surface area contributed by atoms with Crippen molar-refractivity contribution in [2.45, 2.75) is 71.6 Å². The molecule has 0 N–H and O–H groups in total. The summed E-state index contributed by atoms with van der Waals surface area (Å²) in [5, 5.41) is 9.16. The van der Waals surface area contributed by atoms with Gasteiger partial charge >= 0.3 is 0 Å². The summed E-state index contributed by atoms with van der Waals surface area (Å²) in [5.41, 5.74) is 1.60. The van der Waals surface area contributed by atoms with E-state index in [-0.39, 0.29) is 5.41 Å². The fourth-order valence-electron chi connectivity index (χ4n) is 3.68. The van der Waals surface area contributed by atoms with Crippen molar-refractivity contribution in [1.29, 1.82) is 5.26 Å². The van der Waals surface area contributed by atoms with Gasteiger partial charge in [0.15, 0.2) is 0 Å². The first-order chi connectivity index (χ1) is 8.67. The predicted molar refractivity (Wildman–Crippen MR) is 76.0 cm³/mol. The molecule has 0 aliphatic heterocycles. The Labute approximate surface area is 112 Å². The standard InChI is InChI=1S/C17H27N/c1-3-4-14-5-7-15(8-6-14)16-9-11-17(2,13-18)12-10-16/h9,14-15H,3-8,10-12H2,1-2H3. The topological polar surface area (TPSA) is 23.8 Å². The molecule has 100 valence electrons. The SMILES string of the molecule is CCCC1CCC(C2=CCC(C)(C#N)CC2)CC1. The van der Waals surface area contributed by atoms with E-state index < -0.39 is 0 Å². The van der Waals surface area contributed by atoms with Crippen molar-refractivity contribution in [1.82, 2.24) is 0 Å². The van der Waals surface area contributed by atoms with Gasteiger partial charge in [0.25, 0.3) is 0 Å². The summed E-state index contributed by atoms with van der Waals surface area (Å²) in [4.78, 5) is 0. The molecule has 2 rings (SSSR count). The first kappa shape index (κ1) is 13.7. The van der Waals surface area contributed by atoms with Gasteiger partial charge in [-0.25, -0.2) is 0 Å². The minimum atomic E-state index is -0.0804. The van der Waals surface area contributed by atoms with Crippen LogP contribution < -0.4 is 0 Å². The third-order valence-electron chi connectivity index (χ3n) is 5.12.